The molecule has 2 N–H and O–H groups in total. The largest absolute Gasteiger partial charge is 0.493 e. The summed E-state index contributed by atoms with van der Waals surface area (Å²) in [6, 6.07) is 4.79. The van der Waals surface area contributed by atoms with Crippen LogP contribution in [0.15, 0.2) is 18.2 Å². The second-order valence-corrected chi connectivity index (χ2v) is 3.96. The van der Waals surface area contributed by atoms with Crippen LogP contribution in [0.25, 0.3) is 0 Å². The molecule has 5 nitrogen and oxygen atoms in total. The molecule has 112 valence electrons. The van der Waals surface area contributed by atoms with Gasteiger partial charge >= 0.3 is 6.61 Å². The number of hydrogen-bond acceptors (Lipinski definition) is 4. The summed E-state index contributed by atoms with van der Waals surface area (Å²) in [6.45, 7) is -1.96. The molecule has 1 aromatic rings. The Labute approximate surface area is 116 Å². The monoisotopic (exact) mass is 288 g/mol. The fraction of sp³-hybridized carbons (Fsp3) is 0.462. The molecule has 1 rings (SSSR count). The van der Waals surface area contributed by atoms with Crippen molar-refractivity contribution >= 4 is 5.91 Å². The van der Waals surface area contributed by atoms with Gasteiger partial charge in [-0.2, -0.15) is 8.78 Å². The van der Waals surface area contributed by atoms with Crippen LogP contribution in [0.4, 0.5) is 8.78 Å². The Morgan fingerprint density at radius 2 is 2.10 bits per heavy atom. The standard InChI is InChI=1S/C13H18F2N2O3/c1-16-12(18)5-6-17-8-9-3-4-10(19-2)11(7-9)20-13(14)15/h3-4,7,13,17H,5-6,8H2,1-2H3,(H,16,18). The van der Waals surface area contributed by atoms with E-state index in [0.717, 1.165) is 5.56 Å². The molecule has 0 radical (unpaired) electrons. The number of benzene rings is 1. The molecule has 0 heterocycles. The van der Waals surface area contributed by atoms with Crippen molar-refractivity contribution in [3.8, 4) is 11.5 Å². The van der Waals surface area contributed by atoms with E-state index in [1.54, 1.807) is 19.2 Å². The summed E-state index contributed by atoms with van der Waals surface area (Å²) in [5, 5.41) is 5.55. The molecule has 0 fully saturated rings. The predicted molar refractivity (Wildman–Crippen MR) is 70.0 cm³/mol. The Bertz CT molecular complexity index is 442. The molecule has 0 unspecified atom stereocenters. The van der Waals surface area contributed by atoms with Gasteiger partial charge in [0.1, 0.15) is 0 Å². The minimum absolute atomic E-state index is 0.00639. The van der Waals surface area contributed by atoms with E-state index in [2.05, 4.69) is 15.4 Å². The van der Waals surface area contributed by atoms with Crippen LogP contribution in [0.3, 0.4) is 0 Å². The van der Waals surface area contributed by atoms with Crippen molar-refractivity contribution in [3.05, 3.63) is 23.8 Å². The molecule has 1 aromatic carbocycles. The zero-order valence-corrected chi connectivity index (χ0v) is 11.4. The van der Waals surface area contributed by atoms with Crippen LogP contribution in [-0.2, 0) is 11.3 Å². The molecule has 0 saturated heterocycles. The molecular weight excluding hydrogens is 270 g/mol. The van der Waals surface area contributed by atoms with Crippen LogP contribution in [0, 0.1) is 0 Å². The fourth-order valence-electron chi connectivity index (χ4n) is 1.58. The molecule has 0 aromatic heterocycles. The molecule has 1 amide bonds. The number of carbonyl (C=O) groups is 1. The molecule has 0 aliphatic rings. The van der Waals surface area contributed by atoms with Gasteiger partial charge in [0, 0.05) is 26.6 Å². The number of methoxy groups -OCH3 is 1. The highest BCUT2D eigenvalue weighted by Gasteiger charge is 2.11. The van der Waals surface area contributed by atoms with E-state index in [1.807, 2.05) is 0 Å². The maximum atomic E-state index is 12.3. The second kappa shape index (κ2) is 8.31. The van der Waals surface area contributed by atoms with Gasteiger partial charge in [0.2, 0.25) is 5.91 Å². The van der Waals surface area contributed by atoms with Crippen LogP contribution in [-0.4, -0.2) is 33.2 Å². The third-order valence-electron chi connectivity index (χ3n) is 2.58. The Morgan fingerprint density at radius 3 is 2.70 bits per heavy atom. The Hall–Kier alpha value is -1.89. The summed E-state index contributed by atoms with van der Waals surface area (Å²) in [5.74, 6) is 0.182. The lowest BCUT2D eigenvalue weighted by Gasteiger charge is -2.12. The summed E-state index contributed by atoms with van der Waals surface area (Å²) >= 11 is 0. The van der Waals surface area contributed by atoms with Crippen LogP contribution < -0.4 is 20.1 Å². The zero-order chi connectivity index (χ0) is 15.0. The summed E-state index contributed by atoms with van der Waals surface area (Å²) in [6.07, 6.45) is 0.354. The van der Waals surface area contributed by atoms with Crippen LogP contribution in [0.2, 0.25) is 0 Å². The van der Waals surface area contributed by atoms with E-state index >= 15 is 0 Å². The fourth-order valence-corrected chi connectivity index (χ4v) is 1.58. The quantitative estimate of drug-likeness (QED) is 0.712. The van der Waals surface area contributed by atoms with E-state index < -0.39 is 6.61 Å². The van der Waals surface area contributed by atoms with Crippen molar-refractivity contribution in [2.75, 3.05) is 20.7 Å². The smallest absolute Gasteiger partial charge is 0.387 e. The van der Waals surface area contributed by atoms with Crippen molar-refractivity contribution in [1.29, 1.82) is 0 Å². The summed E-state index contributed by atoms with van der Waals surface area (Å²) in [7, 11) is 2.95. The normalized spacial score (nSPS) is 10.4. The van der Waals surface area contributed by atoms with Crippen LogP contribution >= 0.6 is 0 Å². The number of nitrogens with one attached hydrogen (secondary N) is 2. The third-order valence-corrected chi connectivity index (χ3v) is 2.58. The van der Waals surface area contributed by atoms with Gasteiger partial charge < -0.3 is 20.1 Å². The maximum Gasteiger partial charge on any atom is 0.387 e. The lowest BCUT2D eigenvalue weighted by atomic mass is 10.2. The van der Waals surface area contributed by atoms with Crippen LogP contribution in [0.5, 0.6) is 11.5 Å². The van der Waals surface area contributed by atoms with Crippen molar-refractivity contribution in [2.24, 2.45) is 0 Å². The molecule has 0 spiro atoms. The summed E-state index contributed by atoms with van der Waals surface area (Å²) in [5.41, 5.74) is 0.762. The molecule has 0 bridgehead atoms. The van der Waals surface area contributed by atoms with Gasteiger partial charge in [-0.3, -0.25) is 4.79 Å². The Balaban J connectivity index is 2.55. The molecule has 7 heteroatoms. The molecule has 0 aliphatic heterocycles. The van der Waals surface area contributed by atoms with Crippen molar-refractivity contribution in [2.45, 2.75) is 19.6 Å². The minimum Gasteiger partial charge on any atom is -0.493 e. The number of carbonyl (C=O) groups excluding carboxylic acids is 1. The first-order valence-corrected chi connectivity index (χ1v) is 6.10. The topological polar surface area (TPSA) is 59.6 Å². The van der Waals surface area contributed by atoms with E-state index in [9.17, 15) is 13.6 Å². The number of hydrogen-bond donors (Lipinski definition) is 2. The van der Waals surface area contributed by atoms with Gasteiger partial charge in [-0.15, -0.1) is 0 Å². The molecule has 0 atom stereocenters. The second-order valence-electron chi connectivity index (χ2n) is 3.96. The number of rotatable bonds is 8. The van der Waals surface area contributed by atoms with Crippen molar-refractivity contribution in [1.82, 2.24) is 10.6 Å². The zero-order valence-electron chi connectivity index (χ0n) is 11.4. The van der Waals surface area contributed by atoms with Crippen LogP contribution in [0.1, 0.15) is 12.0 Å². The highest BCUT2D eigenvalue weighted by molar-refractivity contribution is 5.75. The van der Waals surface area contributed by atoms with E-state index in [0.29, 0.717) is 19.5 Å². The average molecular weight is 288 g/mol. The van der Waals surface area contributed by atoms with Gasteiger partial charge in [-0.1, -0.05) is 6.07 Å². The Morgan fingerprint density at radius 1 is 1.35 bits per heavy atom. The maximum absolute atomic E-state index is 12.3. The average Bonchev–Trinajstić information content (AvgIpc) is 2.43. The van der Waals surface area contributed by atoms with Gasteiger partial charge in [-0.05, 0) is 17.7 Å². The SMILES string of the molecule is CNC(=O)CCNCc1ccc(OC)c(OC(F)F)c1. The number of ether oxygens (including phenoxy) is 2. The summed E-state index contributed by atoms with van der Waals surface area (Å²) < 4.78 is 33.9. The highest BCUT2D eigenvalue weighted by Crippen LogP contribution is 2.29. The predicted octanol–water partition coefficient (Wildman–Crippen LogP) is 1.52. The number of amides is 1. The Kier molecular flexibility index (Phi) is 6.72. The van der Waals surface area contributed by atoms with E-state index in [1.165, 1.54) is 13.2 Å². The van der Waals surface area contributed by atoms with Gasteiger partial charge in [-0.25, -0.2) is 0 Å². The van der Waals surface area contributed by atoms with Gasteiger partial charge in [0.15, 0.2) is 11.5 Å². The third kappa shape index (κ3) is 5.40. The molecular formula is C13H18F2N2O3. The molecule has 0 aliphatic carbocycles. The highest BCUT2D eigenvalue weighted by atomic mass is 19.3. The molecule has 20 heavy (non-hydrogen) atoms. The minimum atomic E-state index is -2.90. The number of halogens is 2. The van der Waals surface area contributed by atoms with E-state index in [4.69, 9.17) is 4.74 Å². The number of alkyl halides is 2. The summed E-state index contributed by atoms with van der Waals surface area (Å²) in [4.78, 5) is 11.0. The lowest BCUT2D eigenvalue weighted by molar-refractivity contribution is -0.120. The first kappa shape index (κ1) is 16.2. The first-order chi connectivity index (χ1) is 9.56. The van der Waals surface area contributed by atoms with Crippen molar-refractivity contribution in [3.63, 3.8) is 0 Å². The van der Waals surface area contributed by atoms with E-state index in [-0.39, 0.29) is 17.4 Å². The lowest BCUT2D eigenvalue weighted by Crippen LogP contribution is -2.24. The van der Waals surface area contributed by atoms with Gasteiger partial charge in [0.05, 0.1) is 7.11 Å². The van der Waals surface area contributed by atoms with Gasteiger partial charge in [0.25, 0.3) is 0 Å². The first-order valence-electron chi connectivity index (χ1n) is 6.10. The van der Waals surface area contributed by atoms with Crippen molar-refractivity contribution < 1.29 is 23.0 Å². The molecule has 0 saturated carbocycles.